The number of pyridine rings is 1. The van der Waals surface area contributed by atoms with Crippen molar-refractivity contribution in [2.45, 2.75) is 6.10 Å². The molecule has 2 aromatic rings. The average molecular weight is 219 g/mol. The van der Waals surface area contributed by atoms with Crippen molar-refractivity contribution in [1.29, 1.82) is 0 Å². The summed E-state index contributed by atoms with van der Waals surface area (Å²) >= 11 is 0. The molecule has 16 heavy (non-hydrogen) atoms. The highest BCUT2D eigenvalue weighted by atomic mass is 16.3. The Kier molecular flexibility index (Phi) is 2.62. The molecule has 0 fully saturated rings. The van der Waals surface area contributed by atoms with E-state index in [0.717, 1.165) is 0 Å². The lowest BCUT2D eigenvalue weighted by Crippen LogP contribution is -2.17. The van der Waals surface area contributed by atoms with Crippen molar-refractivity contribution >= 4 is 0 Å². The van der Waals surface area contributed by atoms with E-state index in [4.69, 9.17) is 0 Å². The molecule has 0 aliphatic heterocycles. The summed E-state index contributed by atoms with van der Waals surface area (Å²) in [5.74, 6) is 0.522. The average Bonchev–Trinajstić information content (AvgIpc) is 2.67. The van der Waals surface area contributed by atoms with Crippen LogP contribution in [-0.4, -0.2) is 19.2 Å². The summed E-state index contributed by atoms with van der Waals surface area (Å²) in [6.07, 6.45) is 4.12. The standard InChI is InChI=1S/C11H13N3O2/c1-13-5-3-8(7-9(13)15)10(16)11-12-4-6-14(11)2/h3-7,10,16H,1-2H3. The van der Waals surface area contributed by atoms with Crippen LogP contribution >= 0.6 is 0 Å². The first kappa shape index (κ1) is 10.6. The summed E-state index contributed by atoms with van der Waals surface area (Å²) < 4.78 is 3.18. The molecule has 0 amide bonds. The first-order valence-electron chi connectivity index (χ1n) is 4.91. The van der Waals surface area contributed by atoms with Crippen molar-refractivity contribution in [2.24, 2.45) is 14.1 Å². The predicted octanol–water partition coefficient (Wildman–Crippen LogP) is 0.200. The molecule has 2 aromatic heterocycles. The molecular formula is C11H13N3O2. The van der Waals surface area contributed by atoms with Gasteiger partial charge in [0.2, 0.25) is 0 Å². The second-order valence-electron chi connectivity index (χ2n) is 3.71. The molecule has 1 unspecified atom stereocenters. The third kappa shape index (κ3) is 1.77. The molecule has 0 radical (unpaired) electrons. The number of aryl methyl sites for hydroxylation is 2. The number of hydrogen-bond donors (Lipinski definition) is 1. The number of rotatable bonds is 2. The Morgan fingerprint density at radius 3 is 2.62 bits per heavy atom. The fourth-order valence-corrected chi connectivity index (χ4v) is 1.52. The van der Waals surface area contributed by atoms with Crippen molar-refractivity contribution in [3.05, 3.63) is 52.5 Å². The Labute approximate surface area is 92.6 Å². The van der Waals surface area contributed by atoms with Crippen molar-refractivity contribution in [2.75, 3.05) is 0 Å². The quantitative estimate of drug-likeness (QED) is 0.785. The summed E-state index contributed by atoms with van der Waals surface area (Å²) in [5.41, 5.74) is 0.406. The summed E-state index contributed by atoms with van der Waals surface area (Å²) in [6.45, 7) is 0. The van der Waals surface area contributed by atoms with Crippen LogP contribution in [0.4, 0.5) is 0 Å². The zero-order chi connectivity index (χ0) is 11.7. The van der Waals surface area contributed by atoms with Gasteiger partial charge in [0, 0.05) is 38.8 Å². The molecule has 0 saturated heterocycles. The van der Waals surface area contributed by atoms with Gasteiger partial charge in [-0.2, -0.15) is 0 Å². The van der Waals surface area contributed by atoms with E-state index in [1.165, 1.54) is 10.6 Å². The fraction of sp³-hybridized carbons (Fsp3) is 0.273. The first-order chi connectivity index (χ1) is 7.59. The normalized spacial score (nSPS) is 12.7. The maximum atomic E-state index is 11.4. The molecule has 0 spiro atoms. The maximum absolute atomic E-state index is 11.4. The topological polar surface area (TPSA) is 60.0 Å². The van der Waals surface area contributed by atoms with Crippen molar-refractivity contribution in [3.8, 4) is 0 Å². The summed E-state index contributed by atoms with van der Waals surface area (Å²) in [4.78, 5) is 15.5. The third-order valence-corrected chi connectivity index (χ3v) is 2.55. The van der Waals surface area contributed by atoms with E-state index >= 15 is 0 Å². The van der Waals surface area contributed by atoms with Crippen molar-refractivity contribution < 1.29 is 5.11 Å². The summed E-state index contributed by atoms with van der Waals surface area (Å²) in [6, 6.07) is 3.13. The van der Waals surface area contributed by atoms with E-state index in [0.29, 0.717) is 11.4 Å². The van der Waals surface area contributed by atoms with Crippen LogP contribution in [-0.2, 0) is 14.1 Å². The van der Waals surface area contributed by atoms with Crippen LogP contribution in [0, 0.1) is 0 Å². The lowest BCUT2D eigenvalue weighted by molar-refractivity contribution is 0.206. The van der Waals surface area contributed by atoms with Gasteiger partial charge < -0.3 is 14.2 Å². The zero-order valence-corrected chi connectivity index (χ0v) is 9.16. The van der Waals surface area contributed by atoms with Gasteiger partial charge in [-0.1, -0.05) is 0 Å². The molecule has 0 aliphatic carbocycles. The van der Waals surface area contributed by atoms with Gasteiger partial charge in [0.1, 0.15) is 11.9 Å². The van der Waals surface area contributed by atoms with Crippen molar-refractivity contribution in [1.82, 2.24) is 14.1 Å². The Bertz CT molecular complexity index is 556. The van der Waals surface area contributed by atoms with Crippen LogP contribution in [0.25, 0.3) is 0 Å². The highest BCUT2D eigenvalue weighted by molar-refractivity contribution is 5.20. The Balaban J connectivity index is 2.42. The number of aliphatic hydroxyl groups excluding tert-OH is 1. The smallest absolute Gasteiger partial charge is 0.250 e. The van der Waals surface area contributed by atoms with Crippen LogP contribution < -0.4 is 5.56 Å². The Hall–Kier alpha value is -1.88. The molecule has 0 saturated carbocycles. The largest absolute Gasteiger partial charge is 0.380 e. The van der Waals surface area contributed by atoms with Crippen LogP contribution in [0.3, 0.4) is 0 Å². The molecule has 0 aromatic carbocycles. The van der Waals surface area contributed by atoms with Gasteiger partial charge in [-0.3, -0.25) is 4.79 Å². The molecule has 1 atom stereocenters. The molecular weight excluding hydrogens is 206 g/mol. The second kappa shape index (κ2) is 3.94. The summed E-state index contributed by atoms with van der Waals surface area (Å²) in [7, 11) is 3.46. The van der Waals surface area contributed by atoms with Gasteiger partial charge in [-0.05, 0) is 11.6 Å². The predicted molar refractivity (Wildman–Crippen MR) is 59.0 cm³/mol. The molecule has 84 valence electrons. The molecule has 0 bridgehead atoms. The highest BCUT2D eigenvalue weighted by Crippen LogP contribution is 2.17. The number of hydrogen-bond acceptors (Lipinski definition) is 3. The van der Waals surface area contributed by atoms with Gasteiger partial charge in [-0.15, -0.1) is 0 Å². The van der Waals surface area contributed by atoms with Crippen LogP contribution in [0.1, 0.15) is 17.5 Å². The first-order valence-corrected chi connectivity index (χ1v) is 4.91. The molecule has 5 nitrogen and oxygen atoms in total. The number of imidazole rings is 1. The van der Waals surface area contributed by atoms with E-state index in [9.17, 15) is 9.90 Å². The van der Waals surface area contributed by atoms with Gasteiger partial charge in [0.15, 0.2) is 0 Å². The fourth-order valence-electron chi connectivity index (χ4n) is 1.52. The van der Waals surface area contributed by atoms with Gasteiger partial charge in [-0.25, -0.2) is 4.98 Å². The van der Waals surface area contributed by atoms with Crippen molar-refractivity contribution in [3.63, 3.8) is 0 Å². The second-order valence-corrected chi connectivity index (χ2v) is 3.71. The minimum absolute atomic E-state index is 0.147. The Morgan fingerprint density at radius 1 is 1.31 bits per heavy atom. The molecule has 0 aliphatic rings. The van der Waals surface area contributed by atoms with E-state index in [2.05, 4.69) is 4.98 Å². The molecule has 2 rings (SSSR count). The number of aromatic nitrogens is 3. The summed E-state index contributed by atoms with van der Waals surface area (Å²) in [5, 5.41) is 10.0. The van der Waals surface area contributed by atoms with Crippen LogP contribution in [0.2, 0.25) is 0 Å². The minimum Gasteiger partial charge on any atom is -0.380 e. The van der Waals surface area contributed by atoms with Crippen LogP contribution in [0.15, 0.2) is 35.5 Å². The van der Waals surface area contributed by atoms with E-state index in [-0.39, 0.29) is 5.56 Å². The van der Waals surface area contributed by atoms with E-state index < -0.39 is 6.10 Å². The zero-order valence-electron chi connectivity index (χ0n) is 9.16. The van der Waals surface area contributed by atoms with E-state index in [1.807, 2.05) is 0 Å². The van der Waals surface area contributed by atoms with Crippen LogP contribution in [0.5, 0.6) is 0 Å². The number of aliphatic hydroxyl groups is 1. The molecule has 1 N–H and O–H groups in total. The third-order valence-electron chi connectivity index (χ3n) is 2.55. The SMILES string of the molecule is Cn1ccnc1C(O)c1ccn(C)c(=O)c1. The monoisotopic (exact) mass is 219 g/mol. The van der Waals surface area contributed by atoms with E-state index in [1.54, 1.807) is 43.3 Å². The lowest BCUT2D eigenvalue weighted by Gasteiger charge is -2.10. The van der Waals surface area contributed by atoms with Gasteiger partial charge in [0.25, 0.3) is 5.56 Å². The molecule has 2 heterocycles. The Morgan fingerprint density at radius 2 is 2.06 bits per heavy atom. The van der Waals surface area contributed by atoms with Gasteiger partial charge >= 0.3 is 0 Å². The van der Waals surface area contributed by atoms with Gasteiger partial charge in [0.05, 0.1) is 0 Å². The maximum Gasteiger partial charge on any atom is 0.250 e. The highest BCUT2D eigenvalue weighted by Gasteiger charge is 2.15. The molecule has 5 heteroatoms. The number of nitrogens with zero attached hydrogens (tertiary/aromatic N) is 3. The lowest BCUT2D eigenvalue weighted by atomic mass is 10.1. The minimum atomic E-state index is -0.867.